The largest absolute Gasteiger partial charge is 0.504 e. The first-order chi connectivity index (χ1) is 16.0. The fraction of sp³-hybridized carbons (Fsp3) is 0.519. The number of piperidine rings is 1. The third kappa shape index (κ3) is 2.70. The van der Waals surface area contributed by atoms with Gasteiger partial charge in [0.25, 0.3) is 0 Å². The van der Waals surface area contributed by atoms with Gasteiger partial charge in [0.2, 0.25) is 0 Å². The van der Waals surface area contributed by atoms with Crippen molar-refractivity contribution in [3.05, 3.63) is 58.1 Å². The number of ether oxygens (including phenoxy) is 2. The maximum absolute atomic E-state index is 13.3. The molecule has 5 aliphatic rings. The van der Waals surface area contributed by atoms with Crippen LogP contribution in [0.2, 0.25) is 5.02 Å². The van der Waals surface area contributed by atoms with Crippen molar-refractivity contribution in [3.8, 4) is 11.5 Å². The zero-order valence-corrected chi connectivity index (χ0v) is 19.3. The number of ketones is 1. The van der Waals surface area contributed by atoms with Crippen molar-refractivity contribution >= 4 is 17.4 Å². The standard InChI is InChI=1S/C27H28ClNO4/c28-19-6-3-17(4-7-19)15-32-27-10-9-21(31)25-26(27)11-12-29(14-16-1-2-16)22(27)13-18-5-8-20(30)24(33-25)23(18)26/h3-8,16,22,25,30H,1-2,9-15H2/t22-,25+,26+,27-/m1/s1. The summed E-state index contributed by atoms with van der Waals surface area (Å²) in [6.45, 7) is 2.51. The Morgan fingerprint density at radius 1 is 1.15 bits per heavy atom. The molecular formula is C27H28ClNO4. The summed E-state index contributed by atoms with van der Waals surface area (Å²) in [6.07, 6.45) is 4.87. The highest BCUT2D eigenvalue weighted by atomic mass is 35.5. The van der Waals surface area contributed by atoms with Crippen LogP contribution in [0.15, 0.2) is 36.4 Å². The van der Waals surface area contributed by atoms with Crippen LogP contribution in [-0.2, 0) is 28.0 Å². The van der Waals surface area contributed by atoms with Crippen LogP contribution in [0, 0.1) is 5.92 Å². The number of benzene rings is 2. The van der Waals surface area contributed by atoms with Gasteiger partial charge in [-0.2, -0.15) is 0 Å². The van der Waals surface area contributed by atoms with Crippen molar-refractivity contribution in [1.82, 2.24) is 4.90 Å². The monoisotopic (exact) mass is 465 g/mol. The third-order valence-electron chi connectivity index (χ3n) is 8.93. The fourth-order valence-corrected chi connectivity index (χ4v) is 7.45. The summed E-state index contributed by atoms with van der Waals surface area (Å²) >= 11 is 6.11. The minimum Gasteiger partial charge on any atom is -0.504 e. The summed E-state index contributed by atoms with van der Waals surface area (Å²) in [5, 5.41) is 11.4. The Balaban J connectivity index is 1.38. The average molecular weight is 466 g/mol. The zero-order valence-electron chi connectivity index (χ0n) is 18.6. The molecule has 1 N–H and O–H groups in total. The Morgan fingerprint density at radius 3 is 2.76 bits per heavy atom. The number of Topliss-reactive ketones (excluding diaryl/α,β-unsaturated/α-hetero) is 1. The van der Waals surface area contributed by atoms with Gasteiger partial charge in [-0.1, -0.05) is 29.8 Å². The van der Waals surface area contributed by atoms with E-state index in [9.17, 15) is 9.90 Å². The van der Waals surface area contributed by atoms with E-state index in [1.54, 1.807) is 6.07 Å². The van der Waals surface area contributed by atoms with Gasteiger partial charge in [-0.3, -0.25) is 9.69 Å². The molecule has 33 heavy (non-hydrogen) atoms. The maximum Gasteiger partial charge on any atom is 0.174 e. The number of hydrogen-bond donors (Lipinski definition) is 1. The molecular weight excluding hydrogens is 438 g/mol. The van der Waals surface area contributed by atoms with Crippen molar-refractivity contribution in [2.24, 2.45) is 5.92 Å². The van der Waals surface area contributed by atoms with E-state index in [0.29, 0.717) is 30.2 Å². The summed E-state index contributed by atoms with van der Waals surface area (Å²) in [5.74, 6) is 1.57. The van der Waals surface area contributed by atoms with Gasteiger partial charge in [-0.15, -0.1) is 0 Å². The maximum atomic E-state index is 13.3. The topological polar surface area (TPSA) is 59.0 Å². The van der Waals surface area contributed by atoms with Gasteiger partial charge in [0, 0.05) is 29.6 Å². The molecule has 2 heterocycles. The number of aromatic hydroxyl groups is 1. The molecule has 0 amide bonds. The summed E-state index contributed by atoms with van der Waals surface area (Å²) in [4.78, 5) is 15.9. The molecule has 2 aromatic rings. The second-order valence-electron chi connectivity index (χ2n) is 10.6. The Labute approximate surface area is 198 Å². The summed E-state index contributed by atoms with van der Waals surface area (Å²) in [6, 6.07) is 11.8. The van der Waals surface area contributed by atoms with Gasteiger partial charge in [-0.25, -0.2) is 0 Å². The molecule has 2 saturated carbocycles. The number of carbonyl (C=O) groups excluding carboxylic acids is 1. The van der Waals surface area contributed by atoms with Crippen molar-refractivity contribution < 1.29 is 19.4 Å². The number of nitrogens with zero attached hydrogens (tertiary/aromatic N) is 1. The molecule has 4 atom stereocenters. The van der Waals surface area contributed by atoms with E-state index in [2.05, 4.69) is 4.90 Å². The Bertz CT molecular complexity index is 1150. The summed E-state index contributed by atoms with van der Waals surface area (Å²) in [5.41, 5.74) is 2.26. The van der Waals surface area contributed by atoms with Crippen LogP contribution in [-0.4, -0.2) is 46.6 Å². The van der Waals surface area contributed by atoms with E-state index >= 15 is 0 Å². The molecule has 3 aliphatic carbocycles. The van der Waals surface area contributed by atoms with Crippen LogP contribution < -0.4 is 4.74 Å². The number of carbonyl (C=O) groups is 1. The normalized spacial score (nSPS) is 34.2. The molecule has 2 aromatic carbocycles. The zero-order chi connectivity index (χ0) is 22.4. The van der Waals surface area contributed by atoms with E-state index in [4.69, 9.17) is 21.1 Å². The predicted molar refractivity (Wildman–Crippen MR) is 124 cm³/mol. The van der Waals surface area contributed by atoms with Gasteiger partial charge < -0.3 is 14.6 Å². The van der Waals surface area contributed by atoms with E-state index < -0.39 is 17.1 Å². The van der Waals surface area contributed by atoms with Gasteiger partial charge in [0.05, 0.1) is 17.6 Å². The Kier molecular flexibility index (Phi) is 4.29. The lowest BCUT2D eigenvalue weighted by Gasteiger charge is -2.64. The summed E-state index contributed by atoms with van der Waals surface area (Å²) < 4.78 is 13.4. The first-order valence-corrected chi connectivity index (χ1v) is 12.6. The van der Waals surface area contributed by atoms with Crippen molar-refractivity contribution in [3.63, 3.8) is 0 Å². The van der Waals surface area contributed by atoms with Gasteiger partial charge in [0.1, 0.15) is 0 Å². The second-order valence-corrected chi connectivity index (χ2v) is 11.0. The number of likely N-dealkylation sites (tertiary alicyclic amines) is 1. The number of hydrogen-bond acceptors (Lipinski definition) is 5. The lowest BCUT2D eigenvalue weighted by atomic mass is 9.48. The number of phenolic OH excluding ortho intramolecular Hbond substituents is 1. The highest BCUT2D eigenvalue weighted by molar-refractivity contribution is 6.30. The summed E-state index contributed by atoms with van der Waals surface area (Å²) in [7, 11) is 0. The van der Waals surface area contributed by atoms with Crippen molar-refractivity contribution in [2.45, 2.75) is 68.3 Å². The number of phenols is 1. The van der Waals surface area contributed by atoms with Gasteiger partial charge in [0.15, 0.2) is 23.4 Å². The molecule has 0 unspecified atom stereocenters. The minimum absolute atomic E-state index is 0.135. The quantitative estimate of drug-likeness (QED) is 0.709. The molecule has 3 fully saturated rings. The molecule has 2 aliphatic heterocycles. The molecule has 0 radical (unpaired) electrons. The molecule has 7 rings (SSSR count). The lowest BCUT2D eigenvalue weighted by Crippen LogP contribution is -2.77. The molecule has 2 bridgehead atoms. The van der Waals surface area contributed by atoms with Crippen LogP contribution in [0.1, 0.15) is 48.8 Å². The second kappa shape index (κ2) is 6.97. The lowest BCUT2D eigenvalue weighted by molar-refractivity contribution is -0.218. The number of rotatable bonds is 5. The van der Waals surface area contributed by atoms with E-state index in [-0.39, 0.29) is 17.6 Å². The highest BCUT2D eigenvalue weighted by Crippen LogP contribution is 2.66. The molecule has 0 aromatic heterocycles. The van der Waals surface area contributed by atoms with Crippen LogP contribution in [0.3, 0.4) is 0 Å². The van der Waals surface area contributed by atoms with Gasteiger partial charge in [-0.05, 0) is 73.9 Å². The predicted octanol–water partition coefficient (Wildman–Crippen LogP) is 4.40. The molecule has 172 valence electrons. The SMILES string of the molecule is O=C1CC[C@@]2(OCc3ccc(Cl)cc3)[C@H]3Cc4ccc(O)c5c4[C@@]2(CCN3CC2CC2)[C@H]1O5. The first kappa shape index (κ1) is 20.3. The van der Waals surface area contributed by atoms with Crippen molar-refractivity contribution in [2.75, 3.05) is 13.1 Å². The Hall–Kier alpha value is -2.08. The van der Waals surface area contributed by atoms with Crippen LogP contribution in [0.25, 0.3) is 0 Å². The van der Waals surface area contributed by atoms with Crippen LogP contribution in [0.5, 0.6) is 11.5 Å². The smallest absolute Gasteiger partial charge is 0.174 e. The molecule has 6 heteroatoms. The van der Waals surface area contributed by atoms with Gasteiger partial charge >= 0.3 is 0 Å². The van der Waals surface area contributed by atoms with E-state index in [1.807, 2.05) is 30.3 Å². The third-order valence-corrected chi connectivity index (χ3v) is 9.18. The molecule has 1 saturated heterocycles. The van der Waals surface area contributed by atoms with E-state index in [1.165, 1.54) is 18.4 Å². The average Bonchev–Trinajstić information content (AvgIpc) is 3.56. The van der Waals surface area contributed by atoms with Crippen molar-refractivity contribution in [1.29, 1.82) is 0 Å². The number of halogens is 1. The molecule has 1 spiro atoms. The Morgan fingerprint density at radius 2 is 1.97 bits per heavy atom. The minimum atomic E-state index is -0.579. The van der Waals surface area contributed by atoms with Crippen LogP contribution >= 0.6 is 11.6 Å². The first-order valence-electron chi connectivity index (χ1n) is 12.2. The molecule has 5 nitrogen and oxygen atoms in total. The van der Waals surface area contributed by atoms with Crippen LogP contribution in [0.4, 0.5) is 0 Å². The fourth-order valence-electron chi connectivity index (χ4n) is 7.32. The highest BCUT2D eigenvalue weighted by Gasteiger charge is 2.74. The van der Waals surface area contributed by atoms with E-state index in [0.717, 1.165) is 43.0 Å².